The van der Waals surface area contributed by atoms with Crippen molar-refractivity contribution < 1.29 is 0 Å². The van der Waals surface area contributed by atoms with Gasteiger partial charge in [-0.15, -0.1) is 0 Å². The van der Waals surface area contributed by atoms with Gasteiger partial charge in [-0.3, -0.25) is 4.90 Å². The van der Waals surface area contributed by atoms with Gasteiger partial charge in [-0.2, -0.15) is 0 Å². The highest BCUT2D eigenvalue weighted by Crippen LogP contribution is 2.17. The van der Waals surface area contributed by atoms with Gasteiger partial charge >= 0.3 is 0 Å². The fraction of sp³-hybridized carbons (Fsp3) is 0.571. The second-order valence-corrected chi connectivity index (χ2v) is 4.77. The summed E-state index contributed by atoms with van der Waals surface area (Å²) in [7, 11) is 2.20. The minimum Gasteiger partial charge on any atom is -0.385 e. The highest BCUT2D eigenvalue weighted by Gasteiger charge is 2.14. The summed E-state index contributed by atoms with van der Waals surface area (Å²) in [6.07, 6.45) is 0. The molecule has 0 amide bonds. The van der Waals surface area contributed by atoms with Crippen LogP contribution in [-0.2, 0) is 6.54 Å². The average Bonchev–Trinajstić information content (AvgIpc) is 2.35. The third-order valence-corrected chi connectivity index (χ3v) is 3.37. The zero-order valence-electron chi connectivity index (χ0n) is 10.9. The highest BCUT2D eigenvalue weighted by molar-refractivity contribution is 5.50. The van der Waals surface area contributed by atoms with E-state index in [4.69, 9.17) is 0 Å². The Balaban J connectivity index is 1.98. The summed E-state index contributed by atoms with van der Waals surface area (Å²) in [5.41, 5.74) is 2.70. The van der Waals surface area contributed by atoms with Crippen molar-refractivity contribution in [3.05, 3.63) is 29.8 Å². The fourth-order valence-electron chi connectivity index (χ4n) is 2.27. The predicted molar refractivity (Wildman–Crippen MR) is 73.4 cm³/mol. The number of nitrogens with zero attached hydrogens (tertiary/aromatic N) is 2. The van der Waals surface area contributed by atoms with Crippen LogP contribution in [0.15, 0.2) is 24.3 Å². The van der Waals surface area contributed by atoms with Crippen molar-refractivity contribution in [1.29, 1.82) is 0 Å². The maximum Gasteiger partial charge on any atom is 0.0385 e. The van der Waals surface area contributed by atoms with E-state index in [0.717, 1.165) is 13.1 Å². The molecule has 0 saturated carbocycles. The Bertz CT molecular complexity index is 343. The van der Waals surface area contributed by atoms with Crippen molar-refractivity contribution in [2.45, 2.75) is 13.5 Å². The van der Waals surface area contributed by atoms with Gasteiger partial charge in [0, 0.05) is 45.0 Å². The second-order valence-electron chi connectivity index (χ2n) is 4.77. The number of hydrogen-bond acceptors (Lipinski definition) is 3. The molecule has 1 aromatic rings. The Morgan fingerprint density at radius 2 is 1.82 bits per heavy atom. The summed E-state index contributed by atoms with van der Waals surface area (Å²) >= 11 is 0. The van der Waals surface area contributed by atoms with Crippen molar-refractivity contribution in [1.82, 2.24) is 9.80 Å². The van der Waals surface area contributed by atoms with Gasteiger partial charge in [0.1, 0.15) is 0 Å². The lowest BCUT2D eigenvalue weighted by Gasteiger charge is -2.32. The summed E-state index contributed by atoms with van der Waals surface area (Å²) in [4.78, 5) is 4.93. The SMILES string of the molecule is CCNc1ccccc1CN1CCN(C)CC1. The van der Waals surface area contributed by atoms with Gasteiger partial charge in [0.15, 0.2) is 0 Å². The zero-order chi connectivity index (χ0) is 12.1. The first-order valence-electron chi connectivity index (χ1n) is 6.52. The number of para-hydroxylation sites is 1. The lowest BCUT2D eigenvalue weighted by atomic mass is 10.1. The van der Waals surface area contributed by atoms with Gasteiger partial charge in [-0.05, 0) is 25.6 Å². The maximum atomic E-state index is 3.44. The molecule has 0 spiro atoms. The minimum absolute atomic E-state index is 0.986. The first kappa shape index (κ1) is 12.4. The minimum atomic E-state index is 0.986. The van der Waals surface area contributed by atoms with E-state index in [1.165, 1.54) is 37.4 Å². The summed E-state index contributed by atoms with van der Waals surface area (Å²) in [6, 6.07) is 8.64. The second kappa shape index (κ2) is 6.03. The molecule has 1 fully saturated rings. The molecular weight excluding hydrogens is 210 g/mol. The van der Waals surface area contributed by atoms with E-state index in [0.29, 0.717) is 0 Å². The summed E-state index contributed by atoms with van der Waals surface area (Å²) in [5, 5.41) is 3.44. The molecule has 3 nitrogen and oxygen atoms in total. The Labute approximate surface area is 104 Å². The van der Waals surface area contributed by atoms with Crippen molar-refractivity contribution in [3.8, 4) is 0 Å². The van der Waals surface area contributed by atoms with Crippen LogP contribution in [0.5, 0.6) is 0 Å². The van der Waals surface area contributed by atoms with Crippen molar-refractivity contribution >= 4 is 5.69 Å². The van der Waals surface area contributed by atoms with Gasteiger partial charge < -0.3 is 10.2 Å². The highest BCUT2D eigenvalue weighted by atomic mass is 15.2. The van der Waals surface area contributed by atoms with E-state index in [1.807, 2.05) is 0 Å². The molecular formula is C14H23N3. The summed E-state index contributed by atoms with van der Waals surface area (Å²) in [5.74, 6) is 0. The number of rotatable bonds is 4. The molecule has 17 heavy (non-hydrogen) atoms. The fourth-order valence-corrected chi connectivity index (χ4v) is 2.27. The Morgan fingerprint density at radius 3 is 2.53 bits per heavy atom. The molecule has 2 rings (SSSR count). The smallest absolute Gasteiger partial charge is 0.0385 e. The monoisotopic (exact) mass is 233 g/mol. The molecule has 0 aromatic heterocycles. The number of benzene rings is 1. The van der Waals surface area contributed by atoms with E-state index < -0.39 is 0 Å². The van der Waals surface area contributed by atoms with E-state index in [-0.39, 0.29) is 0 Å². The summed E-state index contributed by atoms with van der Waals surface area (Å²) < 4.78 is 0. The van der Waals surface area contributed by atoms with E-state index in [1.54, 1.807) is 0 Å². The Morgan fingerprint density at radius 1 is 1.12 bits per heavy atom. The topological polar surface area (TPSA) is 18.5 Å². The first-order chi connectivity index (χ1) is 8.29. The van der Waals surface area contributed by atoms with Gasteiger partial charge in [0.2, 0.25) is 0 Å². The molecule has 1 heterocycles. The first-order valence-corrected chi connectivity index (χ1v) is 6.52. The molecule has 0 aliphatic carbocycles. The predicted octanol–water partition coefficient (Wildman–Crippen LogP) is 1.87. The molecule has 1 saturated heterocycles. The summed E-state index contributed by atoms with van der Waals surface area (Å²) in [6.45, 7) is 8.92. The normalized spacial score (nSPS) is 18.2. The largest absolute Gasteiger partial charge is 0.385 e. The number of nitrogens with one attached hydrogen (secondary N) is 1. The third kappa shape index (κ3) is 3.45. The number of anilines is 1. The molecule has 0 bridgehead atoms. The quantitative estimate of drug-likeness (QED) is 0.856. The lowest BCUT2D eigenvalue weighted by molar-refractivity contribution is 0.148. The molecule has 1 aromatic carbocycles. The number of piperazine rings is 1. The van der Waals surface area contributed by atoms with Crippen LogP contribution in [0.4, 0.5) is 5.69 Å². The maximum absolute atomic E-state index is 3.44. The van der Waals surface area contributed by atoms with Crippen LogP contribution in [0.3, 0.4) is 0 Å². The molecule has 94 valence electrons. The molecule has 3 heteroatoms. The van der Waals surface area contributed by atoms with Gasteiger partial charge in [-0.25, -0.2) is 0 Å². The third-order valence-electron chi connectivity index (χ3n) is 3.37. The number of hydrogen-bond donors (Lipinski definition) is 1. The van der Waals surface area contributed by atoms with E-state index >= 15 is 0 Å². The molecule has 1 N–H and O–H groups in total. The van der Waals surface area contributed by atoms with E-state index in [9.17, 15) is 0 Å². The van der Waals surface area contributed by atoms with Gasteiger partial charge in [-0.1, -0.05) is 18.2 Å². The lowest BCUT2D eigenvalue weighted by Crippen LogP contribution is -2.43. The van der Waals surface area contributed by atoms with Crippen LogP contribution >= 0.6 is 0 Å². The van der Waals surface area contributed by atoms with Gasteiger partial charge in [0.25, 0.3) is 0 Å². The molecule has 1 aliphatic heterocycles. The standard InChI is InChI=1S/C14H23N3/c1-3-15-14-7-5-4-6-13(14)12-17-10-8-16(2)9-11-17/h4-7,15H,3,8-12H2,1-2H3. The van der Waals surface area contributed by atoms with E-state index in [2.05, 4.69) is 53.4 Å². The average molecular weight is 233 g/mol. The van der Waals surface area contributed by atoms with Crippen LogP contribution in [0, 0.1) is 0 Å². The van der Waals surface area contributed by atoms with Crippen LogP contribution in [0.2, 0.25) is 0 Å². The van der Waals surface area contributed by atoms with Crippen molar-refractivity contribution in [3.63, 3.8) is 0 Å². The van der Waals surface area contributed by atoms with Gasteiger partial charge in [0.05, 0.1) is 0 Å². The van der Waals surface area contributed by atoms with Crippen molar-refractivity contribution in [2.24, 2.45) is 0 Å². The molecule has 1 aliphatic rings. The van der Waals surface area contributed by atoms with Crippen LogP contribution < -0.4 is 5.32 Å². The Kier molecular flexibility index (Phi) is 4.40. The van der Waals surface area contributed by atoms with Crippen LogP contribution in [-0.4, -0.2) is 49.6 Å². The van der Waals surface area contributed by atoms with Crippen molar-refractivity contribution in [2.75, 3.05) is 45.1 Å². The Hall–Kier alpha value is -1.06. The number of likely N-dealkylation sites (N-methyl/N-ethyl adjacent to an activating group) is 1. The molecule has 0 unspecified atom stereocenters. The molecule has 0 atom stereocenters. The van der Waals surface area contributed by atoms with Crippen LogP contribution in [0.1, 0.15) is 12.5 Å². The molecule has 0 radical (unpaired) electrons. The zero-order valence-corrected chi connectivity index (χ0v) is 10.9. The van der Waals surface area contributed by atoms with Crippen LogP contribution in [0.25, 0.3) is 0 Å².